The predicted octanol–water partition coefficient (Wildman–Crippen LogP) is 4.94. The summed E-state index contributed by atoms with van der Waals surface area (Å²) in [5, 5.41) is 0.956. The van der Waals surface area contributed by atoms with Crippen molar-refractivity contribution in [3.8, 4) is 22.9 Å². The molecule has 174 valence electrons. The molecule has 1 fully saturated rings. The second-order valence-electron chi connectivity index (χ2n) is 8.34. The molecule has 2 aromatic carbocycles. The van der Waals surface area contributed by atoms with Gasteiger partial charge in [-0.3, -0.25) is 9.78 Å². The average Bonchev–Trinajstić information content (AvgIpc) is 3.45. The maximum absolute atomic E-state index is 12.3. The number of fused-ring (bicyclic) bond motifs is 1. The summed E-state index contributed by atoms with van der Waals surface area (Å²) >= 11 is 0. The number of pyridine rings is 1. The molecule has 5 rings (SSSR count). The van der Waals surface area contributed by atoms with Crippen molar-refractivity contribution >= 4 is 26.6 Å². The number of rotatable bonds is 7. The molecule has 0 spiro atoms. The summed E-state index contributed by atoms with van der Waals surface area (Å²) in [6.45, 7) is 2.80. The number of carbonyl (C=O) groups is 1. The van der Waals surface area contributed by atoms with Gasteiger partial charge < -0.3 is 14.6 Å². The van der Waals surface area contributed by atoms with Crippen LogP contribution in [0.5, 0.6) is 11.5 Å². The highest BCUT2D eigenvalue weighted by Gasteiger charge is 2.22. The lowest BCUT2D eigenvalue weighted by Gasteiger charge is -2.18. The number of likely N-dealkylation sites (tertiary alicyclic amines) is 1. The van der Waals surface area contributed by atoms with E-state index in [1.807, 2.05) is 41.3 Å². The van der Waals surface area contributed by atoms with E-state index in [1.165, 1.54) is 0 Å². The molecule has 1 N–H and O–H groups in total. The highest BCUT2D eigenvalue weighted by Crippen LogP contribution is 2.34. The van der Waals surface area contributed by atoms with Crippen molar-refractivity contribution in [2.75, 3.05) is 12.3 Å². The summed E-state index contributed by atoms with van der Waals surface area (Å²) < 4.78 is 30.5. The molecule has 0 bridgehead atoms. The van der Waals surface area contributed by atoms with Crippen LogP contribution < -0.4 is 4.74 Å². The molecule has 0 aliphatic carbocycles. The van der Waals surface area contributed by atoms with Crippen molar-refractivity contribution < 1.29 is 17.9 Å². The summed E-state index contributed by atoms with van der Waals surface area (Å²) in [6, 6.07) is 18.2. The van der Waals surface area contributed by atoms with Crippen LogP contribution in [0.4, 0.5) is 0 Å². The molecule has 0 atom stereocenters. The molecule has 8 heteroatoms. The van der Waals surface area contributed by atoms with Gasteiger partial charge in [0.25, 0.3) is 0 Å². The summed E-state index contributed by atoms with van der Waals surface area (Å²) in [7, 11) is -3.28. The number of sulfone groups is 1. The average molecular weight is 476 g/mol. The first-order valence-electron chi connectivity index (χ1n) is 11.3. The number of hydrogen-bond donors (Lipinski definition) is 1. The van der Waals surface area contributed by atoms with Crippen LogP contribution in [0.3, 0.4) is 0 Å². The summed E-state index contributed by atoms with van der Waals surface area (Å²) in [5.41, 5.74) is 3.54. The number of benzene rings is 2. The molecular formula is C26H25N3O4S. The molecule has 1 amide bonds. The van der Waals surface area contributed by atoms with Crippen LogP contribution in [0.1, 0.15) is 25.3 Å². The Morgan fingerprint density at radius 2 is 1.91 bits per heavy atom. The molecule has 0 unspecified atom stereocenters. The van der Waals surface area contributed by atoms with Crippen LogP contribution in [0.15, 0.2) is 71.8 Å². The first kappa shape index (κ1) is 22.2. The Morgan fingerprint density at radius 3 is 2.59 bits per heavy atom. The van der Waals surface area contributed by atoms with Gasteiger partial charge in [-0.15, -0.1) is 0 Å². The number of H-pyrrole nitrogens is 1. The van der Waals surface area contributed by atoms with Crippen molar-refractivity contribution in [3.05, 3.63) is 72.4 Å². The Balaban J connectivity index is 1.52. The predicted molar refractivity (Wildman–Crippen MR) is 130 cm³/mol. The summed E-state index contributed by atoms with van der Waals surface area (Å²) in [6.07, 6.45) is 3.18. The van der Waals surface area contributed by atoms with Gasteiger partial charge >= 0.3 is 0 Å². The molecule has 1 saturated heterocycles. The number of carbonyl (C=O) groups excluding carboxylic acids is 1. The third-order valence-corrected chi connectivity index (χ3v) is 7.82. The second-order valence-corrected chi connectivity index (χ2v) is 10.6. The molecule has 2 aromatic heterocycles. The molecule has 1 aliphatic rings. The molecule has 3 heterocycles. The third-order valence-electron chi connectivity index (χ3n) is 6.07. The number of aromatic amines is 1. The fourth-order valence-corrected chi connectivity index (χ4v) is 5.05. The van der Waals surface area contributed by atoms with Crippen LogP contribution in [0.2, 0.25) is 0 Å². The Hall–Kier alpha value is -3.65. The fourth-order valence-electron chi connectivity index (χ4n) is 4.17. The van der Waals surface area contributed by atoms with Gasteiger partial charge in [-0.05, 0) is 61.0 Å². The van der Waals surface area contributed by atoms with E-state index in [1.54, 1.807) is 37.4 Å². The van der Waals surface area contributed by atoms with E-state index in [4.69, 9.17) is 4.74 Å². The van der Waals surface area contributed by atoms with Crippen LogP contribution >= 0.6 is 0 Å². The van der Waals surface area contributed by atoms with E-state index in [-0.39, 0.29) is 16.6 Å². The lowest BCUT2D eigenvalue weighted by molar-refractivity contribution is -0.128. The molecule has 1 aliphatic heterocycles. The van der Waals surface area contributed by atoms with Gasteiger partial charge in [-0.25, -0.2) is 8.42 Å². The van der Waals surface area contributed by atoms with E-state index in [9.17, 15) is 13.2 Å². The van der Waals surface area contributed by atoms with E-state index >= 15 is 0 Å². The fraction of sp³-hybridized carbons (Fsp3) is 0.231. The van der Waals surface area contributed by atoms with Crippen LogP contribution in [0, 0.1) is 0 Å². The number of hydrogen-bond acceptors (Lipinski definition) is 5. The van der Waals surface area contributed by atoms with Gasteiger partial charge in [0.15, 0.2) is 9.84 Å². The van der Waals surface area contributed by atoms with Crippen molar-refractivity contribution in [1.29, 1.82) is 0 Å². The Morgan fingerprint density at radius 1 is 1.09 bits per heavy atom. The summed E-state index contributed by atoms with van der Waals surface area (Å²) in [5.74, 6) is 1.35. The maximum atomic E-state index is 12.3. The van der Waals surface area contributed by atoms with Crippen molar-refractivity contribution in [2.24, 2.45) is 0 Å². The molecule has 0 radical (unpaired) electrons. The maximum Gasteiger partial charge on any atom is 0.222 e. The minimum absolute atomic E-state index is 0.0456. The van der Waals surface area contributed by atoms with Crippen molar-refractivity contribution in [2.45, 2.75) is 31.2 Å². The zero-order valence-electron chi connectivity index (χ0n) is 18.8. The standard InChI is InChI=1S/C26H25N3O4S/c1-2-34(31,32)21-10-8-20(9-11-21)33-25-16-18-14-24(22-6-3-4-12-27-22)28-23(18)15-19(25)17-29-13-5-7-26(29)30/h3-4,6,8-12,14-16,28H,2,5,7,13,17H2,1H3. The number of aromatic nitrogens is 2. The smallest absolute Gasteiger partial charge is 0.222 e. The number of nitrogens with zero attached hydrogens (tertiary/aromatic N) is 2. The van der Waals surface area contributed by atoms with Crippen molar-refractivity contribution in [3.63, 3.8) is 0 Å². The minimum Gasteiger partial charge on any atom is -0.457 e. The zero-order chi connectivity index (χ0) is 23.7. The van der Waals surface area contributed by atoms with Gasteiger partial charge in [-0.2, -0.15) is 0 Å². The quantitative estimate of drug-likeness (QED) is 0.409. The Kier molecular flexibility index (Phi) is 5.83. The number of nitrogens with one attached hydrogen (secondary N) is 1. The lowest BCUT2D eigenvalue weighted by atomic mass is 10.1. The first-order valence-corrected chi connectivity index (χ1v) is 12.9. The highest BCUT2D eigenvalue weighted by molar-refractivity contribution is 7.91. The molecule has 7 nitrogen and oxygen atoms in total. The van der Waals surface area contributed by atoms with Gasteiger partial charge in [0.2, 0.25) is 5.91 Å². The lowest BCUT2D eigenvalue weighted by Crippen LogP contribution is -2.24. The topological polar surface area (TPSA) is 92.4 Å². The number of amides is 1. The molecular weight excluding hydrogens is 450 g/mol. The van der Waals surface area contributed by atoms with Crippen LogP contribution in [-0.2, 0) is 21.2 Å². The molecule has 4 aromatic rings. The summed E-state index contributed by atoms with van der Waals surface area (Å²) in [4.78, 5) is 22.2. The van der Waals surface area contributed by atoms with Gasteiger partial charge in [0, 0.05) is 42.2 Å². The SMILES string of the molecule is CCS(=O)(=O)c1ccc(Oc2cc3cc(-c4ccccn4)[nH]c3cc2CN2CCCC2=O)cc1. The van der Waals surface area contributed by atoms with Crippen LogP contribution in [-0.4, -0.2) is 41.5 Å². The largest absolute Gasteiger partial charge is 0.457 e. The van der Waals surface area contributed by atoms with Gasteiger partial charge in [-0.1, -0.05) is 13.0 Å². The highest BCUT2D eigenvalue weighted by atomic mass is 32.2. The van der Waals surface area contributed by atoms with Gasteiger partial charge in [0.05, 0.1) is 22.0 Å². The Labute approximate surface area is 198 Å². The van der Waals surface area contributed by atoms with Crippen LogP contribution in [0.25, 0.3) is 22.3 Å². The third kappa shape index (κ3) is 4.41. The van der Waals surface area contributed by atoms with E-state index in [2.05, 4.69) is 9.97 Å². The van der Waals surface area contributed by atoms with E-state index < -0.39 is 9.84 Å². The minimum atomic E-state index is -3.28. The second kappa shape index (κ2) is 8.95. The Bertz CT molecular complexity index is 1440. The van der Waals surface area contributed by atoms with Crippen molar-refractivity contribution in [1.82, 2.24) is 14.9 Å². The monoisotopic (exact) mass is 475 g/mol. The zero-order valence-corrected chi connectivity index (χ0v) is 19.6. The first-order chi connectivity index (χ1) is 16.4. The normalized spacial score (nSPS) is 14.1. The molecule has 34 heavy (non-hydrogen) atoms. The molecule has 0 saturated carbocycles. The number of ether oxygens (including phenoxy) is 1. The van der Waals surface area contributed by atoms with Gasteiger partial charge in [0.1, 0.15) is 11.5 Å². The van der Waals surface area contributed by atoms with E-state index in [0.717, 1.165) is 40.8 Å². The van der Waals surface area contributed by atoms with E-state index in [0.29, 0.717) is 24.5 Å².